The summed E-state index contributed by atoms with van der Waals surface area (Å²) in [5.74, 6) is -1.75. The molecule has 0 amide bonds. The van der Waals surface area contributed by atoms with Crippen LogP contribution in [0.15, 0.2) is 23.1 Å². The first kappa shape index (κ1) is 14.8. The van der Waals surface area contributed by atoms with Gasteiger partial charge in [0, 0.05) is 26.1 Å². The quantitative estimate of drug-likeness (QED) is 0.820. The monoisotopic (exact) mass is 319 g/mol. The first-order chi connectivity index (χ1) is 9.93. The van der Waals surface area contributed by atoms with Crippen LogP contribution in [-0.2, 0) is 19.5 Å². The summed E-state index contributed by atoms with van der Waals surface area (Å²) in [4.78, 5) is -0.640. The maximum atomic E-state index is 13.8. The lowest BCUT2D eigenvalue weighted by Gasteiger charge is -2.38. The summed E-state index contributed by atoms with van der Waals surface area (Å²) in [5.41, 5.74) is -0.672. The van der Waals surface area contributed by atoms with Gasteiger partial charge >= 0.3 is 0 Å². The molecule has 2 aliphatic heterocycles. The second-order valence-electron chi connectivity index (χ2n) is 5.25. The Hall–Kier alpha value is -1.09. The standard InChI is InChI=1S/C13H15F2NO4S/c14-10-1-2-11(15)12(7-10)21(17,18)16-4-6-20-13(8-16)3-5-19-9-13/h1-2,7H,3-6,8-9H2/t13-/m0/s1. The highest BCUT2D eigenvalue weighted by Crippen LogP contribution is 2.31. The van der Waals surface area contributed by atoms with Crippen LogP contribution in [0, 0.1) is 11.6 Å². The van der Waals surface area contributed by atoms with Crippen molar-refractivity contribution in [3.05, 3.63) is 29.8 Å². The third kappa shape index (κ3) is 2.68. The fraction of sp³-hybridized carbons (Fsp3) is 0.538. The lowest BCUT2D eigenvalue weighted by atomic mass is 10.0. The summed E-state index contributed by atoms with van der Waals surface area (Å²) in [5, 5.41) is 0. The molecule has 0 aliphatic carbocycles. The summed E-state index contributed by atoms with van der Waals surface area (Å²) in [6, 6.07) is 2.41. The van der Waals surface area contributed by atoms with E-state index in [9.17, 15) is 17.2 Å². The van der Waals surface area contributed by atoms with Gasteiger partial charge in [-0.15, -0.1) is 0 Å². The van der Waals surface area contributed by atoms with Crippen LogP contribution < -0.4 is 0 Å². The van der Waals surface area contributed by atoms with E-state index in [0.29, 0.717) is 25.7 Å². The van der Waals surface area contributed by atoms with Crippen LogP contribution in [0.5, 0.6) is 0 Å². The molecule has 1 spiro atoms. The van der Waals surface area contributed by atoms with Gasteiger partial charge in [-0.2, -0.15) is 4.31 Å². The minimum atomic E-state index is -4.10. The average Bonchev–Trinajstić information content (AvgIpc) is 2.89. The highest BCUT2D eigenvalue weighted by molar-refractivity contribution is 7.89. The second kappa shape index (κ2) is 5.28. The SMILES string of the molecule is O=S(=O)(c1cc(F)ccc1F)N1CCO[C@@]2(CCOC2)C1. The maximum Gasteiger partial charge on any atom is 0.246 e. The first-order valence-corrected chi connectivity index (χ1v) is 8.04. The lowest BCUT2D eigenvalue weighted by Crippen LogP contribution is -2.54. The average molecular weight is 319 g/mol. The number of rotatable bonds is 2. The van der Waals surface area contributed by atoms with E-state index in [1.807, 2.05) is 0 Å². The van der Waals surface area contributed by atoms with Crippen molar-refractivity contribution in [2.24, 2.45) is 0 Å². The van der Waals surface area contributed by atoms with Crippen molar-refractivity contribution in [3.8, 4) is 0 Å². The molecule has 0 bridgehead atoms. The molecule has 0 aromatic heterocycles. The van der Waals surface area contributed by atoms with Crippen LogP contribution in [0.2, 0.25) is 0 Å². The minimum absolute atomic E-state index is 0.0886. The molecule has 116 valence electrons. The lowest BCUT2D eigenvalue weighted by molar-refractivity contribution is -0.0897. The predicted octanol–water partition coefficient (Wildman–Crippen LogP) is 1.14. The van der Waals surface area contributed by atoms with E-state index in [-0.39, 0.29) is 19.7 Å². The Bertz CT molecular complexity index is 644. The van der Waals surface area contributed by atoms with E-state index >= 15 is 0 Å². The second-order valence-corrected chi connectivity index (χ2v) is 7.15. The molecule has 2 fully saturated rings. The number of morpholine rings is 1. The Morgan fingerprint density at radius 2 is 2.05 bits per heavy atom. The predicted molar refractivity (Wildman–Crippen MR) is 69.2 cm³/mol. The molecule has 3 rings (SSSR count). The van der Waals surface area contributed by atoms with Gasteiger partial charge < -0.3 is 9.47 Å². The van der Waals surface area contributed by atoms with Crippen molar-refractivity contribution in [2.45, 2.75) is 16.9 Å². The van der Waals surface area contributed by atoms with Crippen molar-refractivity contribution < 1.29 is 26.7 Å². The molecule has 1 aromatic rings. The van der Waals surface area contributed by atoms with Crippen molar-refractivity contribution >= 4 is 10.0 Å². The molecule has 2 saturated heterocycles. The fourth-order valence-electron chi connectivity index (χ4n) is 2.66. The van der Waals surface area contributed by atoms with Crippen LogP contribution >= 0.6 is 0 Å². The number of ether oxygens (including phenoxy) is 2. The van der Waals surface area contributed by atoms with Crippen molar-refractivity contribution in [1.29, 1.82) is 0 Å². The van der Waals surface area contributed by atoms with Gasteiger partial charge in [0.25, 0.3) is 0 Å². The molecule has 0 N–H and O–H groups in total. The number of nitrogens with zero attached hydrogens (tertiary/aromatic N) is 1. The van der Waals surface area contributed by atoms with E-state index in [1.54, 1.807) is 0 Å². The number of hydrogen-bond acceptors (Lipinski definition) is 4. The fourth-order valence-corrected chi connectivity index (χ4v) is 4.23. The molecule has 0 saturated carbocycles. The van der Waals surface area contributed by atoms with Crippen molar-refractivity contribution in [3.63, 3.8) is 0 Å². The van der Waals surface area contributed by atoms with E-state index in [1.165, 1.54) is 0 Å². The van der Waals surface area contributed by atoms with Crippen LogP contribution in [0.4, 0.5) is 8.78 Å². The summed E-state index contributed by atoms with van der Waals surface area (Å²) >= 11 is 0. The molecule has 2 aliphatic rings. The van der Waals surface area contributed by atoms with Gasteiger partial charge in [-0.1, -0.05) is 0 Å². The normalized spacial score (nSPS) is 27.3. The van der Waals surface area contributed by atoms with E-state index in [2.05, 4.69) is 0 Å². The van der Waals surface area contributed by atoms with Crippen molar-refractivity contribution in [1.82, 2.24) is 4.31 Å². The number of benzene rings is 1. The van der Waals surface area contributed by atoms with E-state index in [0.717, 1.165) is 16.4 Å². The van der Waals surface area contributed by atoms with Gasteiger partial charge in [0.05, 0.1) is 13.2 Å². The number of hydrogen-bond donors (Lipinski definition) is 0. The highest BCUT2D eigenvalue weighted by atomic mass is 32.2. The van der Waals surface area contributed by atoms with E-state index < -0.39 is 32.2 Å². The van der Waals surface area contributed by atoms with Crippen LogP contribution in [0.25, 0.3) is 0 Å². The Balaban J connectivity index is 1.92. The summed E-state index contributed by atoms with van der Waals surface area (Å²) < 4.78 is 64.1. The highest BCUT2D eigenvalue weighted by Gasteiger charge is 2.44. The minimum Gasteiger partial charge on any atom is -0.378 e. The molecule has 0 radical (unpaired) electrons. The van der Waals surface area contributed by atoms with Gasteiger partial charge in [-0.05, 0) is 18.2 Å². The van der Waals surface area contributed by atoms with Crippen LogP contribution in [0.3, 0.4) is 0 Å². The maximum absolute atomic E-state index is 13.8. The number of halogens is 2. The molecular formula is C13H15F2NO4S. The Labute approximate surface area is 121 Å². The third-order valence-corrected chi connectivity index (χ3v) is 5.65. The Morgan fingerprint density at radius 1 is 1.24 bits per heavy atom. The van der Waals surface area contributed by atoms with E-state index in [4.69, 9.17) is 9.47 Å². The summed E-state index contributed by atoms with van der Waals surface area (Å²) in [7, 11) is -4.10. The van der Waals surface area contributed by atoms with Crippen molar-refractivity contribution in [2.75, 3.05) is 32.9 Å². The zero-order valence-electron chi connectivity index (χ0n) is 11.2. The molecule has 1 aromatic carbocycles. The third-order valence-electron chi connectivity index (χ3n) is 3.79. The van der Waals surface area contributed by atoms with Gasteiger partial charge in [0.2, 0.25) is 10.0 Å². The zero-order chi connectivity index (χ0) is 15.1. The van der Waals surface area contributed by atoms with Crippen LogP contribution in [0.1, 0.15) is 6.42 Å². The van der Waals surface area contributed by atoms with Gasteiger partial charge in [-0.3, -0.25) is 0 Å². The molecular weight excluding hydrogens is 304 g/mol. The first-order valence-electron chi connectivity index (χ1n) is 6.60. The molecule has 0 unspecified atom stereocenters. The summed E-state index contributed by atoms with van der Waals surface area (Å²) in [6.45, 7) is 1.22. The number of sulfonamides is 1. The molecule has 1 atom stereocenters. The molecule has 21 heavy (non-hydrogen) atoms. The van der Waals surface area contributed by atoms with Crippen LogP contribution in [-0.4, -0.2) is 51.2 Å². The zero-order valence-corrected chi connectivity index (χ0v) is 12.0. The van der Waals surface area contributed by atoms with Gasteiger partial charge in [0.15, 0.2) is 0 Å². The summed E-state index contributed by atoms with van der Waals surface area (Å²) in [6.07, 6.45) is 0.588. The van der Waals surface area contributed by atoms with Gasteiger partial charge in [0.1, 0.15) is 22.1 Å². The van der Waals surface area contributed by atoms with Gasteiger partial charge in [-0.25, -0.2) is 17.2 Å². The smallest absolute Gasteiger partial charge is 0.246 e. The molecule has 5 nitrogen and oxygen atoms in total. The topological polar surface area (TPSA) is 55.8 Å². The Morgan fingerprint density at radius 3 is 2.76 bits per heavy atom. The Kier molecular flexibility index (Phi) is 3.73. The molecule has 2 heterocycles. The largest absolute Gasteiger partial charge is 0.378 e. The molecule has 8 heteroatoms.